The summed E-state index contributed by atoms with van der Waals surface area (Å²) in [5.74, 6) is 2.73. The molecule has 8 nitrogen and oxygen atoms in total. The minimum Gasteiger partial charge on any atom is -0.363 e. The molecule has 1 N–H and O–H groups in total. The van der Waals surface area contributed by atoms with Crippen molar-refractivity contribution >= 4 is 28.6 Å². The zero-order valence-electron chi connectivity index (χ0n) is 14.8. The van der Waals surface area contributed by atoms with Gasteiger partial charge in [-0.15, -0.1) is 0 Å². The van der Waals surface area contributed by atoms with Crippen LogP contribution in [0.15, 0.2) is 24.7 Å². The second-order valence-corrected chi connectivity index (χ2v) is 6.47. The molecular weight excluding hydrogens is 316 g/mol. The minimum absolute atomic E-state index is 0.804. The molecule has 4 rings (SSSR count). The number of aryl methyl sites for hydroxylation is 1. The fourth-order valence-electron chi connectivity index (χ4n) is 3.14. The summed E-state index contributed by atoms with van der Waals surface area (Å²) < 4.78 is 0. The number of hydrogen-bond acceptors (Lipinski definition) is 7. The molecule has 0 radical (unpaired) electrons. The Kier molecular flexibility index (Phi) is 3.87. The van der Waals surface area contributed by atoms with Gasteiger partial charge in [-0.2, -0.15) is 4.98 Å². The van der Waals surface area contributed by atoms with Crippen molar-refractivity contribution in [2.24, 2.45) is 0 Å². The van der Waals surface area contributed by atoms with Gasteiger partial charge >= 0.3 is 0 Å². The van der Waals surface area contributed by atoms with Crippen molar-refractivity contribution in [2.45, 2.75) is 6.92 Å². The number of nitrogens with one attached hydrogen (secondary N) is 1. The van der Waals surface area contributed by atoms with E-state index in [0.29, 0.717) is 0 Å². The summed E-state index contributed by atoms with van der Waals surface area (Å²) in [7, 11) is 4.00. The van der Waals surface area contributed by atoms with Crippen LogP contribution >= 0.6 is 0 Å². The molecule has 0 saturated carbocycles. The van der Waals surface area contributed by atoms with Gasteiger partial charge < -0.3 is 19.7 Å². The number of fused-ring (bicyclic) bond motifs is 1. The van der Waals surface area contributed by atoms with Crippen molar-refractivity contribution in [3.63, 3.8) is 0 Å². The number of hydrogen-bond donors (Lipinski definition) is 1. The molecule has 3 aromatic rings. The highest BCUT2D eigenvalue weighted by molar-refractivity contribution is 5.87. The number of anilines is 3. The highest BCUT2D eigenvalue weighted by Gasteiger charge is 2.22. The highest BCUT2D eigenvalue weighted by Crippen LogP contribution is 2.24. The van der Waals surface area contributed by atoms with Crippen LogP contribution in [-0.4, -0.2) is 65.2 Å². The Morgan fingerprint density at radius 3 is 2.56 bits per heavy atom. The largest absolute Gasteiger partial charge is 0.363 e. The molecule has 130 valence electrons. The van der Waals surface area contributed by atoms with Gasteiger partial charge in [0, 0.05) is 58.2 Å². The van der Waals surface area contributed by atoms with Gasteiger partial charge in [-0.05, 0) is 13.0 Å². The van der Waals surface area contributed by atoms with Crippen molar-refractivity contribution in [1.29, 1.82) is 0 Å². The van der Waals surface area contributed by atoms with E-state index in [1.807, 2.05) is 44.2 Å². The Hall–Kier alpha value is -2.90. The van der Waals surface area contributed by atoms with E-state index in [-0.39, 0.29) is 0 Å². The third-order valence-electron chi connectivity index (χ3n) is 4.48. The predicted molar refractivity (Wildman–Crippen MR) is 99.4 cm³/mol. The topological polar surface area (TPSA) is 77.1 Å². The van der Waals surface area contributed by atoms with E-state index in [0.717, 1.165) is 60.5 Å². The summed E-state index contributed by atoms with van der Waals surface area (Å²) in [4.78, 5) is 27.8. The summed E-state index contributed by atoms with van der Waals surface area (Å²) in [5.41, 5.74) is 1.87. The molecule has 0 spiro atoms. The van der Waals surface area contributed by atoms with Crippen molar-refractivity contribution in [1.82, 2.24) is 24.9 Å². The lowest BCUT2D eigenvalue weighted by molar-refractivity contribution is 0.635. The molecule has 0 unspecified atom stereocenters. The Labute approximate surface area is 146 Å². The molecule has 1 aliphatic heterocycles. The second kappa shape index (κ2) is 6.19. The lowest BCUT2D eigenvalue weighted by Crippen LogP contribution is -2.47. The normalized spacial score (nSPS) is 15.0. The van der Waals surface area contributed by atoms with Gasteiger partial charge in [0.2, 0.25) is 5.95 Å². The predicted octanol–water partition coefficient (Wildman–Crippen LogP) is 1.45. The van der Waals surface area contributed by atoms with E-state index in [9.17, 15) is 0 Å². The van der Waals surface area contributed by atoms with Crippen LogP contribution in [-0.2, 0) is 0 Å². The first-order valence-corrected chi connectivity index (χ1v) is 8.43. The van der Waals surface area contributed by atoms with Crippen molar-refractivity contribution < 1.29 is 0 Å². The monoisotopic (exact) mass is 338 g/mol. The summed E-state index contributed by atoms with van der Waals surface area (Å²) >= 11 is 0. The number of piperazine rings is 1. The van der Waals surface area contributed by atoms with E-state index in [2.05, 4.69) is 34.7 Å². The number of H-pyrrole nitrogens is 1. The maximum absolute atomic E-state index is 4.69. The zero-order chi connectivity index (χ0) is 17.4. The van der Waals surface area contributed by atoms with E-state index >= 15 is 0 Å². The molecule has 3 aromatic heterocycles. The van der Waals surface area contributed by atoms with Crippen LogP contribution in [0.1, 0.15) is 5.69 Å². The first kappa shape index (κ1) is 15.6. The first-order chi connectivity index (χ1) is 12.1. The van der Waals surface area contributed by atoms with Gasteiger partial charge in [0.05, 0.1) is 5.39 Å². The third-order valence-corrected chi connectivity index (χ3v) is 4.48. The summed E-state index contributed by atoms with van der Waals surface area (Å²) in [5, 5.41) is 1.07. The van der Waals surface area contributed by atoms with Crippen LogP contribution in [0.2, 0.25) is 0 Å². The Balaban J connectivity index is 1.53. The molecule has 0 amide bonds. The minimum atomic E-state index is 0.804. The fraction of sp³-hybridized carbons (Fsp3) is 0.412. The Morgan fingerprint density at radius 1 is 1.04 bits per heavy atom. The average Bonchev–Trinajstić information content (AvgIpc) is 3.10. The number of aromatic amines is 1. The van der Waals surface area contributed by atoms with Gasteiger partial charge in [0.25, 0.3) is 0 Å². The molecule has 0 aromatic carbocycles. The molecule has 0 bridgehead atoms. The van der Waals surface area contributed by atoms with Gasteiger partial charge in [0.15, 0.2) is 0 Å². The fourth-order valence-corrected chi connectivity index (χ4v) is 3.14. The quantitative estimate of drug-likeness (QED) is 0.774. The Morgan fingerprint density at radius 2 is 1.80 bits per heavy atom. The smallest absolute Gasteiger partial charge is 0.227 e. The number of aromatic nitrogens is 5. The second-order valence-electron chi connectivity index (χ2n) is 6.47. The molecule has 8 heteroatoms. The molecule has 0 atom stereocenters. The van der Waals surface area contributed by atoms with Crippen LogP contribution < -0.4 is 14.7 Å². The lowest BCUT2D eigenvalue weighted by Gasteiger charge is -2.35. The van der Waals surface area contributed by atoms with Crippen LogP contribution in [0.5, 0.6) is 0 Å². The maximum atomic E-state index is 4.69. The third kappa shape index (κ3) is 2.95. The van der Waals surface area contributed by atoms with Gasteiger partial charge in [0.1, 0.15) is 23.6 Å². The molecular formula is C17H22N8. The average molecular weight is 338 g/mol. The lowest BCUT2D eigenvalue weighted by atomic mass is 10.3. The Bertz CT molecular complexity index is 879. The van der Waals surface area contributed by atoms with Crippen molar-refractivity contribution in [3.05, 3.63) is 30.4 Å². The zero-order valence-corrected chi connectivity index (χ0v) is 14.8. The highest BCUT2D eigenvalue weighted by atomic mass is 15.3. The SMILES string of the molecule is Cc1cc(N(C)C)nc(N2CCN(c3ncnc4[nH]ccc34)CC2)n1. The number of nitrogens with zero attached hydrogens (tertiary/aromatic N) is 7. The van der Waals surface area contributed by atoms with E-state index < -0.39 is 0 Å². The summed E-state index contributed by atoms with van der Waals surface area (Å²) in [6.45, 7) is 5.51. The molecule has 4 heterocycles. The van der Waals surface area contributed by atoms with Crippen molar-refractivity contribution in [3.8, 4) is 0 Å². The van der Waals surface area contributed by atoms with Crippen LogP contribution in [0.25, 0.3) is 11.0 Å². The van der Waals surface area contributed by atoms with Crippen LogP contribution in [0.3, 0.4) is 0 Å². The van der Waals surface area contributed by atoms with E-state index in [4.69, 9.17) is 0 Å². The van der Waals surface area contributed by atoms with Crippen molar-refractivity contribution in [2.75, 3.05) is 55.0 Å². The van der Waals surface area contributed by atoms with E-state index in [1.54, 1.807) is 6.33 Å². The molecule has 0 aliphatic carbocycles. The standard InChI is InChI=1S/C17H22N8/c1-12-10-14(23(2)3)22-17(21-12)25-8-6-24(7-9-25)16-13-4-5-18-15(13)19-11-20-16/h4-5,10-11H,6-9H2,1-3H3,(H,18,19,20). The van der Waals surface area contributed by atoms with Crippen LogP contribution in [0, 0.1) is 6.92 Å². The molecule has 1 fully saturated rings. The van der Waals surface area contributed by atoms with Gasteiger partial charge in [-0.3, -0.25) is 0 Å². The molecule has 25 heavy (non-hydrogen) atoms. The number of rotatable bonds is 3. The van der Waals surface area contributed by atoms with E-state index in [1.165, 1.54) is 0 Å². The first-order valence-electron chi connectivity index (χ1n) is 8.43. The molecule has 1 saturated heterocycles. The molecule has 1 aliphatic rings. The van der Waals surface area contributed by atoms with Crippen LogP contribution in [0.4, 0.5) is 17.6 Å². The summed E-state index contributed by atoms with van der Waals surface area (Å²) in [6, 6.07) is 4.04. The maximum Gasteiger partial charge on any atom is 0.227 e. The van der Waals surface area contributed by atoms with Gasteiger partial charge in [-0.1, -0.05) is 0 Å². The summed E-state index contributed by atoms with van der Waals surface area (Å²) in [6.07, 6.45) is 3.52. The van der Waals surface area contributed by atoms with Gasteiger partial charge in [-0.25, -0.2) is 15.0 Å².